The van der Waals surface area contributed by atoms with E-state index in [1.54, 1.807) is 21.0 Å². The highest BCUT2D eigenvalue weighted by Crippen LogP contribution is 2.40. The summed E-state index contributed by atoms with van der Waals surface area (Å²) in [6, 6.07) is 0.332. The SMILES string of the molecule is CO[C@](C)(C[C@@H](C)CS)[C@H](O[C@@H]1OC(C)CC(N(C)C)C1C)[C@H](C)C1=CC(=O)OC(C)(C)O1. The highest BCUT2D eigenvalue weighted by Gasteiger charge is 2.47. The lowest BCUT2D eigenvalue weighted by molar-refractivity contribution is -0.284. The number of hydrogen-bond acceptors (Lipinski definition) is 8. The lowest BCUT2D eigenvalue weighted by Crippen LogP contribution is -2.55. The van der Waals surface area contributed by atoms with Crippen LogP contribution in [0.1, 0.15) is 61.3 Å². The molecule has 0 spiro atoms. The van der Waals surface area contributed by atoms with Gasteiger partial charge in [0, 0.05) is 38.8 Å². The summed E-state index contributed by atoms with van der Waals surface area (Å²) in [5.74, 6) is -0.0215. The van der Waals surface area contributed by atoms with Crippen LogP contribution in [-0.4, -0.2) is 73.8 Å². The Morgan fingerprint density at radius 1 is 1.27 bits per heavy atom. The third-order valence-corrected chi connectivity index (χ3v) is 7.55. The van der Waals surface area contributed by atoms with Gasteiger partial charge in [0.05, 0.1) is 23.9 Å². The van der Waals surface area contributed by atoms with E-state index in [0.29, 0.717) is 17.7 Å². The first-order valence-electron chi connectivity index (χ1n) is 12.0. The summed E-state index contributed by atoms with van der Waals surface area (Å²) in [5.41, 5.74) is -0.658. The fraction of sp³-hybridized carbons (Fsp3) is 0.880. The number of carbonyl (C=O) groups excluding carboxylic acids is 1. The molecule has 2 rings (SSSR count). The second kappa shape index (κ2) is 11.3. The van der Waals surface area contributed by atoms with E-state index in [1.165, 1.54) is 6.08 Å². The molecule has 0 aromatic heterocycles. The highest BCUT2D eigenvalue weighted by molar-refractivity contribution is 7.80. The van der Waals surface area contributed by atoms with Crippen molar-refractivity contribution in [3.63, 3.8) is 0 Å². The highest BCUT2D eigenvalue weighted by atomic mass is 32.1. The molecule has 0 aromatic carbocycles. The molecule has 2 heterocycles. The van der Waals surface area contributed by atoms with Crippen LogP contribution in [0.2, 0.25) is 0 Å². The van der Waals surface area contributed by atoms with Gasteiger partial charge in [-0.05, 0) is 52.5 Å². The number of cyclic esters (lactones) is 1. The number of rotatable bonds is 10. The third-order valence-electron chi connectivity index (χ3n) is 6.93. The van der Waals surface area contributed by atoms with Gasteiger partial charge in [-0.3, -0.25) is 0 Å². The topological polar surface area (TPSA) is 66.5 Å². The minimum absolute atomic E-state index is 0.0683. The Morgan fingerprint density at radius 3 is 2.42 bits per heavy atom. The minimum atomic E-state index is -1.04. The maximum absolute atomic E-state index is 12.3. The van der Waals surface area contributed by atoms with Gasteiger partial charge < -0.3 is 28.6 Å². The molecule has 2 aliphatic heterocycles. The largest absolute Gasteiger partial charge is 0.456 e. The Bertz CT molecular complexity index is 698. The zero-order valence-electron chi connectivity index (χ0n) is 22.1. The van der Waals surface area contributed by atoms with Gasteiger partial charge in [0.1, 0.15) is 5.76 Å². The van der Waals surface area contributed by atoms with E-state index in [1.807, 2.05) is 6.92 Å². The molecule has 2 aliphatic rings. The van der Waals surface area contributed by atoms with E-state index < -0.39 is 29.8 Å². The average Bonchev–Trinajstić information content (AvgIpc) is 2.71. The number of nitrogens with zero attached hydrogens (tertiary/aromatic N) is 1. The summed E-state index contributed by atoms with van der Waals surface area (Å²) in [6.45, 7) is 13.9. The van der Waals surface area contributed by atoms with Crippen molar-refractivity contribution in [1.82, 2.24) is 4.90 Å². The molecule has 1 fully saturated rings. The molecule has 0 N–H and O–H groups in total. The molecular weight excluding hydrogens is 442 g/mol. The standard InChI is InChI=1S/C25H45NO6S/c1-15(14-33)13-25(7,28-10)22(18(4)20-12-21(27)32-24(5,6)31-20)30-23-17(3)19(26(8)9)11-16(2)29-23/h12,15-19,22-23,33H,11,13-14H2,1-10H3/t15-,16?,17?,18-,19?,22-,23+,25-/m1/s1. The van der Waals surface area contributed by atoms with Gasteiger partial charge in [0.15, 0.2) is 6.29 Å². The van der Waals surface area contributed by atoms with E-state index in [-0.39, 0.29) is 17.9 Å². The molecule has 3 unspecified atom stereocenters. The molecule has 0 amide bonds. The van der Waals surface area contributed by atoms with Crippen molar-refractivity contribution in [1.29, 1.82) is 0 Å². The molecule has 0 aromatic rings. The third kappa shape index (κ3) is 7.10. The molecule has 8 atom stereocenters. The van der Waals surface area contributed by atoms with E-state index in [9.17, 15) is 4.79 Å². The smallest absolute Gasteiger partial charge is 0.337 e. The maximum atomic E-state index is 12.3. The zero-order chi connectivity index (χ0) is 25.1. The predicted octanol–water partition coefficient (Wildman–Crippen LogP) is 4.26. The first kappa shape index (κ1) is 28.4. The molecule has 8 heteroatoms. The first-order valence-corrected chi connectivity index (χ1v) is 12.6. The van der Waals surface area contributed by atoms with Crippen molar-refractivity contribution in [3.05, 3.63) is 11.8 Å². The van der Waals surface area contributed by atoms with Gasteiger partial charge in [-0.15, -0.1) is 0 Å². The van der Waals surface area contributed by atoms with Crippen LogP contribution >= 0.6 is 12.6 Å². The van der Waals surface area contributed by atoms with Crippen molar-refractivity contribution < 1.29 is 28.5 Å². The summed E-state index contributed by atoms with van der Waals surface area (Å²) < 4.78 is 30.6. The molecule has 0 saturated carbocycles. The van der Waals surface area contributed by atoms with Crippen LogP contribution in [0.3, 0.4) is 0 Å². The summed E-state index contributed by atoms with van der Waals surface area (Å²) in [5, 5.41) is 0. The Hall–Kier alpha value is -0.800. The van der Waals surface area contributed by atoms with Crippen molar-refractivity contribution in [2.75, 3.05) is 27.0 Å². The number of thiol groups is 1. The van der Waals surface area contributed by atoms with Crippen LogP contribution in [0.25, 0.3) is 0 Å². The van der Waals surface area contributed by atoms with Crippen molar-refractivity contribution in [2.24, 2.45) is 17.8 Å². The lowest BCUT2D eigenvalue weighted by atomic mass is 9.81. The molecule has 33 heavy (non-hydrogen) atoms. The van der Waals surface area contributed by atoms with E-state index in [2.05, 4.69) is 59.3 Å². The van der Waals surface area contributed by atoms with Gasteiger partial charge in [0.2, 0.25) is 5.79 Å². The number of hydrogen-bond donors (Lipinski definition) is 1. The normalized spacial score (nSPS) is 32.2. The number of ether oxygens (including phenoxy) is 5. The molecule has 192 valence electrons. The van der Waals surface area contributed by atoms with Crippen LogP contribution < -0.4 is 0 Å². The van der Waals surface area contributed by atoms with Crippen molar-refractivity contribution in [3.8, 4) is 0 Å². The summed E-state index contributed by atoms with van der Waals surface area (Å²) in [7, 11) is 5.90. The van der Waals surface area contributed by atoms with Crippen LogP contribution in [0.15, 0.2) is 11.8 Å². The van der Waals surface area contributed by atoms with Crippen LogP contribution in [0.5, 0.6) is 0 Å². The van der Waals surface area contributed by atoms with Gasteiger partial charge in [-0.25, -0.2) is 4.79 Å². The van der Waals surface area contributed by atoms with Crippen LogP contribution in [0, 0.1) is 17.8 Å². The van der Waals surface area contributed by atoms with Crippen LogP contribution in [-0.2, 0) is 28.5 Å². The molecule has 0 aliphatic carbocycles. The summed E-state index contributed by atoms with van der Waals surface area (Å²) in [4.78, 5) is 14.5. The molecular formula is C25H45NO6S. The Labute approximate surface area is 205 Å². The maximum Gasteiger partial charge on any atom is 0.337 e. The monoisotopic (exact) mass is 487 g/mol. The number of methoxy groups -OCH3 is 1. The van der Waals surface area contributed by atoms with Gasteiger partial charge in [-0.1, -0.05) is 20.8 Å². The van der Waals surface area contributed by atoms with Crippen molar-refractivity contribution >= 4 is 18.6 Å². The van der Waals surface area contributed by atoms with Gasteiger partial charge >= 0.3 is 5.97 Å². The Kier molecular flexibility index (Phi) is 9.73. The predicted molar refractivity (Wildman–Crippen MR) is 132 cm³/mol. The molecule has 0 bridgehead atoms. The second-order valence-electron chi connectivity index (χ2n) is 10.8. The molecule has 7 nitrogen and oxygen atoms in total. The summed E-state index contributed by atoms with van der Waals surface area (Å²) in [6.07, 6.45) is 2.31. The quantitative estimate of drug-likeness (QED) is 0.365. The summed E-state index contributed by atoms with van der Waals surface area (Å²) >= 11 is 4.49. The lowest BCUT2D eigenvalue weighted by Gasteiger charge is -2.48. The van der Waals surface area contributed by atoms with E-state index in [4.69, 9.17) is 23.7 Å². The molecule has 1 saturated heterocycles. The van der Waals surface area contributed by atoms with Crippen molar-refractivity contribution in [2.45, 2.75) is 97.2 Å². The zero-order valence-corrected chi connectivity index (χ0v) is 23.0. The average molecular weight is 488 g/mol. The van der Waals surface area contributed by atoms with E-state index >= 15 is 0 Å². The molecule has 0 radical (unpaired) electrons. The minimum Gasteiger partial charge on any atom is -0.456 e. The van der Waals surface area contributed by atoms with Crippen LogP contribution in [0.4, 0.5) is 0 Å². The number of carbonyl (C=O) groups is 1. The van der Waals surface area contributed by atoms with Gasteiger partial charge in [0.25, 0.3) is 0 Å². The first-order chi connectivity index (χ1) is 15.2. The fourth-order valence-electron chi connectivity index (χ4n) is 5.08. The van der Waals surface area contributed by atoms with Gasteiger partial charge in [-0.2, -0.15) is 12.6 Å². The van der Waals surface area contributed by atoms with E-state index in [0.717, 1.165) is 18.6 Å². The number of esters is 1. The Balaban J connectivity index is 2.43. The fourth-order valence-corrected chi connectivity index (χ4v) is 5.21. The Morgan fingerprint density at radius 2 is 1.91 bits per heavy atom. The second-order valence-corrected chi connectivity index (χ2v) is 11.1.